The zero-order valence-electron chi connectivity index (χ0n) is 18.6. The highest BCUT2D eigenvalue weighted by atomic mass is 19.1. The number of nitrogens with two attached hydrogens (primary N) is 1. The van der Waals surface area contributed by atoms with E-state index in [1.807, 2.05) is 32.0 Å². The molecular formula is C24H29F2N3O2. The van der Waals surface area contributed by atoms with Gasteiger partial charge >= 0.3 is 0 Å². The minimum atomic E-state index is -1.31. The molecule has 1 unspecified atom stereocenters. The summed E-state index contributed by atoms with van der Waals surface area (Å²) >= 11 is 0. The molecule has 2 N–H and O–H groups in total. The van der Waals surface area contributed by atoms with Gasteiger partial charge in [0.1, 0.15) is 11.6 Å². The van der Waals surface area contributed by atoms with Gasteiger partial charge in [0.25, 0.3) is 5.91 Å². The maximum atomic E-state index is 14.6. The number of carbonyl (C=O) groups is 1. The predicted octanol–water partition coefficient (Wildman–Crippen LogP) is 4.74. The Morgan fingerprint density at radius 3 is 2.35 bits per heavy atom. The Labute approximate surface area is 181 Å². The Morgan fingerprint density at radius 1 is 1.13 bits per heavy atom. The highest BCUT2D eigenvalue weighted by molar-refractivity contribution is 5.97. The van der Waals surface area contributed by atoms with Gasteiger partial charge in [0.2, 0.25) is 11.6 Å². The number of hydrogen-bond acceptors (Lipinski definition) is 4. The number of nitrogens with zero attached hydrogens (tertiary/aromatic N) is 2. The number of carbonyl (C=O) groups excluding carboxylic acids is 1. The number of aryl methyl sites for hydroxylation is 2. The standard InChI is InChI=1S/C24H29F2N3O2/c1-15-11-16(2)13-17(12-15)24(9-6-10-27)29(22(30)23(3,4)5)28-21(31-24)19-14-18(25)7-8-20(19)26/h7-8,11-14H,6,9-10,27H2,1-5H3. The van der Waals surface area contributed by atoms with Gasteiger partial charge in [-0.1, -0.05) is 50.1 Å². The van der Waals surface area contributed by atoms with Crippen LogP contribution in [0.2, 0.25) is 0 Å². The summed E-state index contributed by atoms with van der Waals surface area (Å²) in [4.78, 5) is 13.5. The number of amides is 1. The third-order valence-electron chi connectivity index (χ3n) is 5.18. The summed E-state index contributed by atoms with van der Waals surface area (Å²) in [6, 6.07) is 8.92. The molecule has 0 bridgehead atoms. The van der Waals surface area contributed by atoms with Crippen molar-refractivity contribution < 1.29 is 18.3 Å². The topological polar surface area (TPSA) is 67.9 Å². The number of ether oxygens (including phenoxy) is 1. The quantitative estimate of drug-likeness (QED) is 0.747. The van der Waals surface area contributed by atoms with Crippen LogP contribution in [0.15, 0.2) is 41.5 Å². The normalized spacial score (nSPS) is 18.7. The van der Waals surface area contributed by atoms with E-state index in [1.165, 1.54) is 5.01 Å². The summed E-state index contributed by atoms with van der Waals surface area (Å²) in [6.07, 6.45) is 0.882. The van der Waals surface area contributed by atoms with Crippen molar-refractivity contribution in [2.75, 3.05) is 6.54 Å². The van der Waals surface area contributed by atoms with E-state index in [1.54, 1.807) is 20.8 Å². The molecule has 1 atom stereocenters. The Morgan fingerprint density at radius 2 is 1.77 bits per heavy atom. The first-order chi connectivity index (χ1) is 14.5. The molecule has 0 saturated carbocycles. The minimum absolute atomic E-state index is 0.134. The molecule has 1 amide bonds. The summed E-state index contributed by atoms with van der Waals surface area (Å²) in [5.41, 5.74) is 6.25. The maximum Gasteiger partial charge on any atom is 0.251 e. The van der Waals surface area contributed by atoms with Crippen molar-refractivity contribution in [3.05, 3.63) is 70.3 Å². The van der Waals surface area contributed by atoms with Crippen LogP contribution in [-0.2, 0) is 15.3 Å². The second-order valence-corrected chi connectivity index (χ2v) is 9.05. The molecule has 0 aliphatic carbocycles. The van der Waals surface area contributed by atoms with Gasteiger partial charge in [0, 0.05) is 17.4 Å². The average Bonchev–Trinajstić information content (AvgIpc) is 3.06. The van der Waals surface area contributed by atoms with Crippen molar-refractivity contribution in [1.82, 2.24) is 5.01 Å². The summed E-state index contributed by atoms with van der Waals surface area (Å²) in [6.45, 7) is 9.61. The Kier molecular flexibility index (Phi) is 6.18. The van der Waals surface area contributed by atoms with Gasteiger partial charge in [-0.3, -0.25) is 4.79 Å². The molecule has 1 aliphatic heterocycles. The van der Waals surface area contributed by atoms with Crippen LogP contribution in [0.25, 0.3) is 0 Å². The lowest BCUT2D eigenvalue weighted by molar-refractivity contribution is -0.161. The summed E-state index contributed by atoms with van der Waals surface area (Å²) < 4.78 is 34.8. The Bertz CT molecular complexity index is 1010. The first kappa shape index (κ1) is 22.9. The highest BCUT2D eigenvalue weighted by Gasteiger charge is 2.52. The van der Waals surface area contributed by atoms with Crippen molar-refractivity contribution in [2.24, 2.45) is 16.3 Å². The van der Waals surface area contributed by atoms with Gasteiger partial charge in [-0.25, -0.2) is 8.78 Å². The van der Waals surface area contributed by atoms with Gasteiger partial charge in [-0.15, -0.1) is 5.10 Å². The third-order valence-corrected chi connectivity index (χ3v) is 5.18. The largest absolute Gasteiger partial charge is 0.443 e. The molecule has 0 saturated heterocycles. The van der Waals surface area contributed by atoms with Crippen LogP contribution in [-0.4, -0.2) is 23.4 Å². The van der Waals surface area contributed by atoms with Crippen molar-refractivity contribution in [2.45, 2.75) is 53.2 Å². The number of rotatable bonds is 5. The van der Waals surface area contributed by atoms with Crippen LogP contribution in [0.4, 0.5) is 8.78 Å². The third kappa shape index (κ3) is 4.46. The lowest BCUT2D eigenvalue weighted by atomic mass is 9.89. The average molecular weight is 430 g/mol. The van der Waals surface area contributed by atoms with Crippen molar-refractivity contribution in [3.8, 4) is 0 Å². The number of halogens is 2. The molecule has 2 aromatic carbocycles. The molecular weight excluding hydrogens is 400 g/mol. The maximum absolute atomic E-state index is 14.6. The van der Waals surface area contributed by atoms with Crippen LogP contribution < -0.4 is 5.73 Å². The highest BCUT2D eigenvalue weighted by Crippen LogP contribution is 2.43. The zero-order valence-corrected chi connectivity index (χ0v) is 18.6. The van der Waals surface area contributed by atoms with E-state index in [9.17, 15) is 13.6 Å². The molecule has 5 nitrogen and oxygen atoms in total. The first-order valence-electron chi connectivity index (χ1n) is 10.3. The van der Waals surface area contributed by atoms with E-state index in [0.717, 1.165) is 29.3 Å². The lowest BCUT2D eigenvalue weighted by Gasteiger charge is -2.38. The fraction of sp³-hybridized carbons (Fsp3) is 0.417. The fourth-order valence-electron chi connectivity index (χ4n) is 3.72. The van der Waals surface area contributed by atoms with E-state index in [-0.39, 0.29) is 17.4 Å². The smallest absolute Gasteiger partial charge is 0.251 e. The Hall–Kier alpha value is -2.80. The van der Waals surface area contributed by atoms with Gasteiger partial charge in [0.05, 0.1) is 5.56 Å². The minimum Gasteiger partial charge on any atom is -0.443 e. The van der Waals surface area contributed by atoms with E-state index in [0.29, 0.717) is 24.9 Å². The van der Waals surface area contributed by atoms with Crippen molar-refractivity contribution >= 4 is 11.8 Å². The van der Waals surface area contributed by atoms with E-state index in [2.05, 4.69) is 5.10 Å². The molecule has 0 fully saturated rings. The fourth-order valence-corrected chi connectivity index (χ4v) is 3.72. The van der Waals surface area contributed by atoms with Crippen LogP contribution >= 0.6 is 0 Å². The molecule has 1 aliphatic rings. The molecule has 31 heavy (non-hydrogen) atoms. The monoisotopic (exact) mass is 429 g/mol. The SMILES string of the molecule is Cc1cc(C)cc(C2(CCCN)OC(c3cc(F)ccc3F)=NN2C(=O)C(C)(C)C)c1. The molecule has 2 aromatic rings. The van der Waals surface area contributed by atoms with Crippen LogP contribution in [0, 0.1) is 30.9 Å². The van der Waals surface area contributed by atoms with Gasteiger partial charge in [-0.2, -0.15) is 5.01 Å². The molecule has 1 heterocycles. The molecule has 0 radical (unpaired) electrons. The van der Waals surface area contributed by atoms with E-state index < -0.39 is 22.8 Å². The number of benzene rings is 2. The molecule has 0 aromatic heterocycles. The molecule has 0 spiro atoms. The molecule has 7 heteroatoms. The van der Waals surface area contributed by atoms with Crippen LogP contribution in [0.3, 0.4) is 0 Å². The van der Waals surface area contributed by atoms with Gasteiger partial charge in [0.15, 0.2) is 0 Å². The van der Waals surface area contributed by atoms with Gasteiger partial charge < -0.3 is 10.5 Å². The zero-order chi connectivity index (χ0) is 23.0. The molecule has 166 valence electrons. The number of hydrazone groups is 1. The second-order valence-electron chi connectivity index (χ2n) is 9.05. The lowest BCUT2D eigenvalue weighted by Crippen LogP contribution is -2.49. The summed E-state index contributed by atoms with van der Waals surface area (Å²) in [5.74, 6) is -1.73. The van der Waals surface area contributed by atoms with Crippen molar-refractivity contribution in [3.63, 3.8) is 0 Å². The first-order valence-corrected chi connectivity index (χ1v) is 10.3. The van der Waals surface area contributed by atoms with Crippen LogP contribution in [0.1, 0.15) is 55.9 Å². The molecule has 3 rings (SSSR count). The number of hydrogen-bond donors (Lipinski definition) is 1. The van der Waals surface area contributed by atoms with E-state index >= 15 is 0 Å². The summed E-state index contributed by atoms with van der Waals surface area (Å²) in [5, 5.41) is 5.69. The Balaban J connectivity index is 2.24. The van der Waals surface area contributed by atoms with Crippen molar-refractivity contribution in [1.29, 1.82) is 0 Å². The predicted molar refractivity (Wildman–Crippen MR) is 116 cm³/mol. The van der Waals surface area contributed by atoms with Crippen LogP contribution in [0.5, 0.6) is 0 Å². The van der Waals surface area contributed by atoms with E-state index in [4.69, 9.17) is 10.5 Å². The van der Waals surface area contributed by atoms with Gasteiger partial charge in [-0.05, 0) is 45.0 Å². The summed E-state index contributed by atoms with van der Waals surface area (Å²) in [7, 11) is 0. The second kappa shape index (κ2) is 8.38.